The van der Waals surface area contributed by atoms with E-state index in [0.717, 1.165) is 4.42 Å². The molecule has 1 rings (SSSR count). The molecule has 0 heterocycles. The third kappa shape index (κ3) is 2.63. The lowest BCUT2D eigenvalue weighted by Gasteiger charge is -2.10. The molecule has 74 valence electrons. The van der Waals surface area contributed by atoms with Gasteiger partial charge in [-0.1, -0.05) is 18.2 Å². The fraction of sp³-hybridized carbons (Fsp3) is 0. The van der Waals surface area contributed by atoms with Crippen LogP contribution in [0.25, 0.3) is 0 Å². The lowest BCUT2D eigenvalue weighted by molar-refractivity contribution is 0.925. The van der Waals surface area contributed by atoms with E-state index in [9.17, 15) is 0 Å². The normalized spacial score (nSPS) is 11.1. The van der Waals surface area contributed by atoms with Gasteiger partial charge in [0.15, 0.2) is 0 Å². The average molecular weight is 212 g/mol. The number of para-hydroxylation sites is 1. The summed E-state index contributed by atoms with van der Waals surface area (Å²) in [7, 11) is 0. The number of aliphatic imine (C=N–C) groups is 1. The maximum absolute atomic E-state index is 7.01. The van der Waals surface area contributed by atoms with Crippen molar-refractivity contribution in [1.29, 1.82) is 5.41 Å². The summed E-state index contributed by atoms with van der Waals surface area (Å²) in [6.45, 7) is 0. The highest BCUT2D eigenvalue weighted by molar-refractivity contribution is 6.30. The van der Waals surface area contributed by atoms with E-state index in [2.05, 4.69) is 4.99 Å². The molecule has 1 aromatic rings. The van der Waals surface area contributed by atoms with Gasteiger partial charge in [0.1, 0.15) is 0 Å². The summed E-state index contributed by atoms with van der Waals surface area (Å²) in [5, 5.41) is 7.01. The second-order valence-corrected chi connectivity index (χ2v) is 2.81. The van der Waals surface area contributed by atoms with Crippen LogP contribution >= 0.6 is 11.8 Å². The van der Waals surface area contributed by atoms with Gasteiger partial charge < -0.3 is 11.5 Å². The molecule has 0 amide bonds. The SMILES string of the molecule is N=C(N)N(Cl)C(N)=Nc1ccccc1. The van der Waals surface area contributed by atoms with Crippen molar-refractivity contribution in [2.75, 3.05) is 0 Å². The monoisotopic (exact) mass is 211 g/mol. The number of hydrogen-bond donors (Lipinski definition) is 3. The van der Waals surface area contributed by atoms with Crippen molar-refractivity contribution < 1.29 is 0 Å². The van der Waals surface area contributed by atoms with Gasteiger partial charge in [-0.25, -0.2) is 4.99 Å². The van der Waals surface area contributed by atoms with Crippen molar-refractivity contribution in [3.8, 4) is 0 Å². The summed E-state index contributed by atoms with van der Waals surface area (Å²) >= 11 is 5.54. The number of guanidine groups is 2. The number of rotatable bonds is 1. The predicted octanol–water partition coefficient (Wildman–Crippen LogP) is 0.982. The highest BCUT2D eigenvalue weighted by Crippen LogP contribution is 2.10. The fourth-order valence-corrected chi connectivity index (χ4v) is 0.840. The third-order valence-electron chi connectivity index (χ3n) is 1.41. The van der Waals surface area contributed by atoms with Crippen LogP contribution in [-0.2, 0) is 0 Å². The van der Waals surface area contributed by atoms with E-state index in [4.69, 9.17) is 28.7 Å². The van der Waals surface area contributed by atoms with E-state index < -0.39 is 0 Å². The Kier molecular flexibility index (Phi) is 3.30. The Morgan fingerprint density at radius 2 is 1.86 bits per heavy atom. The Balaban J connectivity index is 2.84. The summed E-state index contributed by atoms with van der Waals surface area (Å²) in [6.07, 6.45) is 0. The molecule has 0 radical (unpaired) electrons. The molecule has 0 atom stereocenters. The number of hydrogen-bond acceptors (Lipinski definition) is 2. The maximum Gasteiger partial charge on any atom is 0.218 e. The zero-order valence-corrected chi connectivity index (χ0v) is 8.07. The van der Waals surface area contributed by atoms with Crippen LogP contribution in [0.4, 0.5) is 5.69 Å². The summed E-state index contributed by atoms with van der Waals surface area (Å²) < 4.78 is 0.771. The molecule has 1 aromatic carbocycles. The second-order valence-electron chi connectivity index (χ2n) is 2.47. The van der Waals surface area contributed by atoms with Gasteiger partial charge in [0, 0.05) is 11.8 Å². The standard InChI is InChI=1S/C8H10ClN5/c9-14(7(10)11)8(12)13-6-4-2-1-3-5-6/h1-5H,(H3,10,11)(H2,12,13). The molecule has 5 N–H and O–H groups in total. The van der Waals surface area contributed by atoms with E-state index in [1.54, 1.807) is 12.1 Å². The highest BCUT2D eigenvalue weighted by atomic mass is 35.5. The van der Waals surface area contributed by atoms with Crippen LogP contribution in [0.5, 0.6) is 0 Å². The highest BCUT2D eigenvalue weighted by Gasteiger charge is 2.06. The van der Waals surface area contributed by atoms with Gasteiger partial charge in [-0.3, -0.25) is 5.41 Å². The zero-order chi connectivity index (χ0) is 10.6. The number of nitrogens with two attached hydrogens (primary N) is 2. The van der Waals surface area contributed by atoms with Gasteiger partial charge in [-0.15, -0.1) is 0 Å². The molecule has 0 aromatic heterocycles. The minimum absolute atomic E-state index is 0.0367. The maximum atomic E-state index is 7.01. The van der Waals surface area contributed by atoms with E-state index in [1.165, 1.54) is 0 Å². The van der Waals surface area contributed by atoms with Gasteiger partial charge in [-0.05, 0) is 12.1 Å². The van der Waals surface area contributed by atoms with Crippen molar-refractivity contribution in [2.24, 2.45) is 16.5 Å². The molecule has 14 heavy (non-hydrogen) atoms. The fourth-order valence-electron chi connectivity index (χ4n) is 0.802. The van der Waals surface area contributed by atoms with Crippen molar-refractivity contribution in [1.82, 2.24) is 4.42 Å². The van der Waals surface area contributed by atoms with Crippen LogP contribution in [0.2, 0.25) is 0 Å². The Morgan fingerprint density at radius 3 is 2.36 bits per heavy atom. The predicted molar refractivity (Wildman–Crippen MR) is 57.3 cm³/mol. The van der Waals surface area contributed by atoms with Crippen molar-refractivity contribution >= 4 is 29.4 Å². The second kappa shape index (κ2) is 4.48. The topological polar surface area (TPSA) is 91.5 Å². The van der Waals surface area contributed by atoms with Crippen molar-refractivity contribution in [2.45, 2.75) is 0 Å². The first-order valence-corrected chi connectivity index (χ1v) is 4.14. The van der Waals surface area contributed by atoms with E-state index in [1.807, 2.05) is 18.2 Å². The Morgan fingerprint density at radius 1 is 1.29 bits per heavy atom. The average Bonchev–Trinajstić information content (AvgIpc) is 2.18. The lowest BCUT2D eigenvalue weighted by Crippen LogP contribution is -2.38. The number of nitrogens with one attached hydrogen (secondary N) is 1. The molecule has 0 saturated heterocycles. The van der Waals surface area contributed by atoms with Crippen LogP contribution < -0.4 is 11.5 Å². The molecule has 0 aliphatic rings. The van der Waals surface area contributed by atoms with Gasteiger partial charge in [-0.2, -0.15) is 4.42 Å². The quantitative estimate of drug-likeness (QED) is 0.367. The van der Waals surface area contributed by atoms with E-state index >= 15 is 0 Å². The summed E-state index contributed by atoms with van der Waals surface area (Å²) in [5.74, 6) is -0.408. The molecule has 0 fully saturated rings. The summed E-state index contributed by atoms with van der Waals surface area (Å²) in [4.78, 5) is 3.95. The summed E-state index contributed by atoms with van der Waals surface area (Å²) in [6, 6.07) is 9.02. The largest absolute Gasteiger partial charge is 0.369 e. The lowest BCUT2D eigenvalue weighted by atomic mass is 10.3. The number of halogens is 1. The molecule has 0 saturated carbocycles. The van der Waals surface area contributed by atoms with E-state index in [-0.39, 0.29) is 11.9 Å². The van der Waals surface area contributed by atoms with E-state index in [0.29, 0.717) is 5.69 Å². The van der Waals surface area contributed by atoms with Gasteiger partial charge in [0.2, 0.25) is 11.9 Å². The Labute approximate surface area is 86.6 Å². The van der Waals surface area contributed by atoms with Crippen LogP contribution in [-0.4, -0.2) is 16.3 Å². The first-order valence-electron chi connectivity index (χ1n) is 3.80. The zero-order valence-electron chi connectivity index (χ0n) is 7.31. The molecular weight excluding hydrogens is 202 g/mol. The smallest absolute Gasteiger partial charge is 0.218 e. The minimum atomic E-state index is -0.371. The first-order chi connectivity index (χ1) is 6.61. The number of benzene rings is 1. The Bertz CT molecular complexity index is 348. The van der Waals surface area contributed by atoms with Crippen molar-refractivity contribution in [3.05, 3.63) is 30.3 Å². The molecule has 0 aliphatic carbocycles. The van der Waals surface area contributed by atoms with Gasteiger partial charge >= 0.3 is 0 Å². The van der Waals surface area contributed by atoms with Crippen LogP contribution in [0.15, 0.2) is 35.3 Å². The molecule has 0 bridgehead atoms. The molecule has 0 aliphatic heterocycles. The summed E-state index contributed by atoms with van der Waals surface area (Å²) in [5.41, 5.74) is 11.2. The van der Waals surface area contributed by atoms with Crippen LogP contribution in [0.1, 0.15) is 0 Å². The number of nitrogens with zero attached hydrogens (tertiary/aromatic N) is 2. The molecule has 5 nitrogen and oxygen atoms in total. The molecule has 6 heteroatoms. The van der Waals surface area contributed by atoms with Gasteiger partial charge in [0.05, 0.1) is 5.69 Å². The van der Waals surface area contributed by atoms with Crippen LogP contribution in [0.3, 0.4) is 0 Å². The molecule has 0 spiro atoms. The minimum Gasteiger partial charge on any atom is -0.369 e. The van der Waals surface area contributed by atoms with Crippen molar-refractivity contribution in [3.63, 3.8) is 0 Å². The van der Waals surface area contributed by atoms with Gasteiger partial charge in [0.25, 0.3) is 0 Å². The molecular formula is C8H10ClN5. The van der Waals surface area contributed by atoms with Crippen LogP contribution in [0, 0.1) is 5.41 Å². The molecule has 0 unspecified atom stereocenters. The first kappa shape index (κ1) is 10.3. The Hall–Kier alpha value is -1.75. The third-order valence-corrected chi connectivity index (χ3v) is 1.77.